The van der Waals surface area contributed by atoms with E-state index in [0.717, 1.165) is 13.1 Å². The summed E-state index contributed by atoms with van der Waals surface area (Å²) >= 11 is 0. The van der Waals surface area contributed by atoms with Crippen molar-refractivity contribution in [2.75, 3.05) is 24.1 Å². The summed E-state index contributed by atoms with van der Waals surface area (Å²) in [5.74, 6) is 0.0283. The molecule has 0 aliphatic carbocycles. The van der Waals surface area contributed by atoms with Gasteiger partial charge in [0.15, 0.2) is 0 Å². The molecule has 3 N–H and O–H groups in total. The first-order chi connectivity index (χ1) is 8.99. The molecule has 1 aliphatic rings. The van der Waals surface area contributed by atoms with E-state index in [2.05, 4.69) is 24.1 Å². The molecular weight excluding hydrogens is 238 g/mol. The second kappa shape index (κ2) is 5.61. The topological polar surface area (TPSA) is 58.4 Å². The van der Waals surface area contributed by atoms with Crippen LogP contribution < -0.4 is 11.1 Å². The maximum Gasteiger partial charge on any atom is 0.225 e. The zero-order chi connectivity index (χ0) is 13.9. The SMILES string of the molecule is CC1(C)CCCN1CCC(=O)Nc1ccccc1N. The molecule has 1 aromatic carbocycles. The van der Waals surface area contributed by atoms with Crippen molar-refractivity contribution in [3.8, 4) is 0 Å². The van der Waals surface area contributed by atoms with Gasteiger partial charge < -0.3 is 11.1 Å². The third kappa shape index (κ3) is 3.47. The van der Waals surface area contributed by atoms with E-state index < -0.39 is 0 Å². The van der Waals surface area contributed by atoms with Gasteiger partial charge in [0.25, 0.3) is 0 Å². The Morgan fingerprint density at radius 2 is 2.16 bits per heavy atom. The van der Waals surface area contributed by atoms with Crippen LogP contribution in [0.25, 0.3) is 0 Å². The number of hydrogen-bond acceptors (Lipinski definition) is 3. The van der Waals surface area contributed by atoms with Crippen LogP contribution in [0.1, 0.15) is 33.1 Å². The highest BCUT2D eigenvalue weighted by Crippen LogP contribution is 2.28. The van der Waals surface area contributed by atoms with Crippen LogP contribution >= 0.6 is 0 Å². The first-order valence-corrected chi connectivity index (χ1v) is 6.88. The Morgan fingerprint density at radius 3 is 2.79 bits per heavy atom. The number of hydrogen-bond donors (Lipinski definition) is 2. The van der Waals surface area contributed by atoms with Gasteiger partial charge in [0.1, 0.15) is 0 Å². The minimum atomic E-state index is 0.0283. The number of benzene rings is 1. The highest BCUT2D eigenvalue weighted by atomic mass is 16.1. The lowest BCUT2D eigenvalue weighted by atomic mass is 10.0. The van der Waals surface area contributed by atoms with Crippen molar-refractivity contribution in [1.29, 1.82) is 0 Å². The molecule has 1 amide bonds. The fourth-order valence-electron chi connectivity index (χ4n) is 2.64. The summed E-state index contributed by atoms with van der Waals surface area (Å²) in [5, 5.41) is 2.87. The summed E-state index contributed by atoms with van der Waals surface area (Å²) in [6.45, 7) is 6.39. The molecule has 0 aromatic heterocycles. The highest BCUT2D eigenvalue weighted by molar-refractivity contribution is 5.93. The smallest absolute Gasteiger partial charge is 0.225 e. The van der Waals surface area contributed by atoms with Gasteiger partial charge >= 0.3 is 0 Å². The minimum absolute atomic E-state index is 0.0283. The summed E-state index contributed by atoms with van der Waals surface area (Å²) in [6, 6.07) is 7.35. The molecule has 2 rings (SSSR count). The van der Waals surface area contributed by atoms with Crippen molar-refractivity contribution in [2.24, 2.45) is 0 Å². The molecule has 4 nitrogen and oxygen atoms in total. The van der Waals surface area contributed by atoms with Crippen molar-refractivity contribution < 1.29 is 4.79 Å². The molecule has 1 heterocycles. The Labute approximate surface area is 115 Å². The van der Waals surface area contributed by atoms with Crippen molar-refractivity contribution in [3.05, 3.63) is 24.3 Å². The quantitative estimate of drug-likeness (QED) is 0.819. The van der Waals surface area contributed by atoms with E-state index in [1.54, 1.807) is 6.07 Å². The predicted molar refractivity (Wildman–Crippen MR) is 79.0 cm³/mol. The molecule has 0 spiro atoms. The Kier molecular flexibility index (Phi) is 4.10. The number of nitrogens with two attached hydrogens (primary N) is 1. The third-order valence-electron chi connectivity index (χ3n) is 3.92. The first-order valence-electron chi connectivity index (χ1n) is 6.88. The van der Waals surface area contributed by atoms with E-state index in [9.17, 15) is 4.79 Å². The van der Waals surface area contributed by atoms with Gasteiger partial charge in [-0.2, -0.15) is 0 Å². The summed E-state index contributed by atoms with van der Waals surface area (Å²) in [4.78, 5) is 14.3. The zero-order valence-electron chi connectivity index (χ0n) is 11.8. The van der Waals surface area contributed by atoms with Gasteiger partial charge in [-0.05, 0) is 45.4 Å². The number of nitrogens with one attached hydrogen (secondary N) is 1. The molecule has 0 saturated carbocycles. The summed E-state index contributed by atoms with van der Waals surface area (Å²) in [6.07, 6.45) is 2.94. The molecule has 19 heavy (non-hydrogen) atoms. The Bertz CT molecular complexity index is 456. The maximum atomic E-state index is 11.9. The second-order valence-electron chi connectivity index (χ2n) is 5.79. The van der Waals surface area contributed by atoms with E-state index in [-0.39, 0.29) is 11.4 Å². The molecule has 0 bridgehead atoms. The lowest BCUT2D eigenvalue weighted by Crippen LogP contribution is -2.39. The van der Waals surface area contributed by atoms with E-state index >= 15 is 0 Å². The van der Waals surface area contributed by atoms with Crippen molar-refractivity contribution in [2.45, 2.75) is 38.6 Å². The lowest BCUT2D eigenvalue weighted by Gasteiger charge is -2.31. The summed E-state index contributed by atoms with van der Waals surface area (Å²) in [7, 11) is 0. The molecule has 1 aromatic rings. The van der Waals surface area contributed by atoms with Crippen LogP contribution in [-0.2, 0) is 4.79 Å². The Hall–Kier alpha value is -1.55. The number of para-hydroxylation sites is 2. The molecule has 1 aliphatic heterocycles. The maximum absolute atomic E-state index is 11.9. The van der Waals surface area contributed by atoms with E-state index in [1.165, 1.54) is 12.8 Å². The molecule has 0 atom stereocenters. The van der Waals surface area contributed by atoms with Crippen LogP contribution in [0.5, 0.6) is 0 Å². The van der Waals surface area contributed by atoms with Crippen LogP contribution in [0.15, 0.2) is 24.3 Å². The molecule has 1 saturated heterocycles. The monoisotopic (exact) mass is 261 g/mol. The van der Waals surface area contributed by atoms with Crippen LogP contribution in [0.2, 0.25) is 0 Å². The van der Waals surface area contributed by atoms with Gasteiger partial charge in [0, 0.05) is 18.5 Å². The number of amides is 1. The molecule has 104 valence electrons. The Morgan fingerprint density at radius 1 is 1.42 bits per heavy atom. The average Bonchev–Trinajstić information content (AvgIpc) is 2.69. The number of rotatable bonds is 4. The minimum Gasteiger partial charge on any atom is -0.397 e. The number of likely N-dealkylation sites (tertiary alicyclic amines) is 1. The van der Waals surface area contributed by atoms with Crippen molar-refractivity contribution >= 4 is 17.3 Å². The van der Waals surface area contributed by atoms with Crippen molar-refractivity contribution in [1.82, 2.24) is 4.90 Å². The van der Waals surface area contributed by atoms with Crippen LogP contribution in [0, 0.1) is 0 Å². The molecular formula is C15H23N3O. The van der Waals surface area contributed by atoms with Crippen molar-refractivity contribution in [3.63, 3.8) is 0 Å². The molecule has 0 radical (unpaired) electrons. The van der Waals surface area contributed by atoms with Gasteiger partial charge in [0.05, 0.1) is 11.4 Å². The molecule has 4 heteroatoms. The third-order valence-corrected chi connectivity index (χ3v) is 3.92. The van der Waals surface area contributed by atoms with Gasteiger partial charge in [0.2, 0.25) is 5.91 Å². The van der Waals surface area contributed by atoms with E-state index in [0.29, 0.717) is 17.8 Å². The van der Waals surface area contributed by atoms with E-state index in [1.807, 2.05) is 18.2 Å². The molecule has 1 fully saturated rings. The summed E-state index contributed by atoms with van der Waals surface area (Å²) in [5.41, 5.74) is 7.34. The lowest BCUT2D eigenvalue weighted by molar-refractivity contribution is -0.116. The number of carbonyl (C=O) groups excluding carboxylic acids is 1. The normalized spacial score (nSPS) is 18.4. The molecule has 0 unspecified atom stereocenters. The number of nitrogen functional groups attached to an aromatic ring is 1. The average molecular weight is 261 g/mol. The first kappa shape index (κ1) is 13.9. The van der Waals surface area contributed by atoms with Crippen LogP contribution in [0.3, 0.4) is 0 Å². The number of nitrogens with zero attached hydrogens (tertiary/aromatic N) is 1. The van der Waals surface area contributed by atoms with Crippen LogP contribution in [-0.4, -0.2) is 29.4 Å². The highest BCUT2D eigenvalue weighted by Gasteiger charge is 2.31. The Balaban J connectivity index is 1.84. The van der Waals surface area contributed by atoms with Gasteiger partial charge in [-0.3, -0.25) is 9.69 Å². The number of carbonyl (C=O) groups is 1. The van der Waals surface area contributed by atoms with Gasteiger partial charge in [-0.25, -0.2) is 0 Å². The number of anilines is 2. The standard InChI is InChI=1S/C15H23N3O/c1-15(2)9-5-10-18(15)11-8-14(19)17-13-7-4-3-6-12(13)16/h3-4,6-7H,5,8-11,16H2,1-2H3,(H,17,19). The predicted octanol–water partition coefficient (Wildman–Crippen LogP) is 2.47. The summed E-state index contributed by atoms with van der Waals surface area (Å²) < 4.78 is 0. The zero-order valence-corrected chi connectivity index (χ0v) is 11.8. The van der Waals surface area contributed by atoms with E-state index in [4.69, 9.17) is 5.73 Å². The fraction of sp³-hybridized carbons (Fsp3) is 0.533. The van der Waals surface area contributed by atoms with Gasteiger partial charge in [-0.1, -0.05) is 12.1 Å². The second-order valence-corrected chi connectivity index (χ2v) is 5.79. The van der Waals surface area contributed by atoms with Gasteiger partial charge in [-0.15, -0.1) is 0 Å². The fourth-order valence-corrected chi connectivity index (χ4v) is 2.64. The largest absolute Gasteiger partial charge is 0.397 e. The van der Waals surface area contributed by atoms with Crippen LogP contribution in [0.4, 0.5) is 11.4 Å².